The third-order valence-electron chi connectivity index (χ3n) is 4.60. The molecule has 18 heavy (non-hydrogen) atoms. The van der Waals surface area contributed by atoms with Crippen LogP contribution in [0.4, 0.5) is 5.95 Å². The van der Waals surface area contributed by atoms with Crippen molar-refractivity contribution in [3.05, 3.63) is 12.3 Å². The van der Waals surface area contributed by atoms with E-state index in [2.05, 4.69) is 14.9 Å². The number of methoxy groups -OCH3 is 1. The largest absolute Gasteiger partial charge is 0.481 e. The lowest BCUT2D eigenvalue weighted by Crippen LogP contribution is -2.39. The van der Waals surface area contributed by atoms with Crippen molar-refractivity contribution in [2.45, 2.75) is 38.5 Å². The summed E-state index contributed by atoms with van der Waals surface area (Å²) < 4.78 is 5.16. The molecule has 2 aliphatic rings. The Bertz CT molecular complexity index is 405. The molecule has 98 valence electrons. The van der Waals surface area contributed by atoms with Gasteiger partial charge in [-0.05, 0) is 31.1 Å². The van der Waals surface area contributed by atoms with Crippen LogP contribution in [-0.4, -0.2) is 30.2 Å². The summed E-state index contributed by atoms with van der Waals surface area (Å²) in [4.78, 5) is 11.1. The molecular weight excluding hydrogens is 226 g/mol. The number of hydrogen-bond acceptors (Lipinski definition) is 4. The Labute approximate surface area is 108 Å². The van der Waals surface area contributed by atoms with E-state index in [9.17, 15) is 0 Å². The van der Waals surface area contributed by atoms with Gasteiger partial charge >= 0.3 is 0 Å². The van der Waals surface area contributed by atoms with Gasteiger partial charge in [-0.1, -0.05) is 12.8 Å². The number of aromatic nitrogens is 2. The van der Waals surface area contributed by atoms with Crippen molar-refractivity contribution in [1.82, 2.24) is 9.97 Å². The second kappa shape index (κ2) is 4.75. The van der Waals surface area contributed by atoms with Crippen LogP contribution in [-0.2, 0) is 0 Å². The topological polar surface area (TPSA) is 38.2 Å². The van der Waals surface area contributed by atoms with Crippen LogP contribution in [0, 0.1) is 5.41 Å². The monoisotopic (exact) mass is 247 g/mol. The molecule has 0 atom stereocenters. The van der Waals surface area contributed by atoms with Crippen LogP contribution in [0.2, 0.25) is 0 Å². The average Bonchev–Trinajstić information content (AvgIpc) is 2.88. The molecule has 0 amide bonds. The van der Waals surface area contributed by atoms with E-state index < -0.39 is 0 Å². The first kappa shape index (κ1) is 11.8. The third kappa shape index (κ3) is 2.16. The summed E-state index contributed by atoms with van der Waals surface area (Å²) >= 11 is 0. The highest BCUT2D eigenvalue weighted by Gasteiger charge is 2.37. The summed E-state index contributed by atoms with van der Waals surface area (Å²) in [5.74, 6) is 1.48. The van der Waals surface area contributed by atoms with Crippen LogP contribution in [0.25, 0.3) is 0 Å². The van der Waals surface area contributed by atoms with Crippen molar-refractivity contribution in [1.29, 1.82) is 0 Å². The predicted octanol–water partition coefficient (Wildman–Crippen LogP) is 2.65. The van der Waals surface area contributed by atoms with Gasteiger partial charge in [-0.3, -0.25) is 0 Å². The van der Waals surface area contributed by atoms with Gasteiger partial charge < -0.3 is 9.64 Å². The van der Waals surface area contributed by atoms with Crippen molar-refractivity contribution < 1.29 is 4.74 Å². The van der Waals surface area contributed by atoms with Crippen LogP contribution in [0.5, 0.6) is 5.88 Å². The molecule has 1 aliphatic carbocycles. The normalized spacial score (nSPS) is 22.4. The highest BCUT2D eigenvalue weighted by molar-refractivity contribution is 5.32. The Morgan fingerprint density at radius 3 is 2.56 bits per heavy atom. The van der Waals surface area contributed by atoms with Gasteiger partial charge in [0.05, 0.1) is 7.11 Å². The average molecular weight is 247 g/mol. The maximum Gasteiger partial charge on any atom is 0.228 e. The van der Waals surface area contributed by atoms with Crippen molar-refractivity contribution in [2.75, 3.05) is 25.1 Å². The van der Waals surface area contributed by atoms with Gasteiger partial charge in [0.1, 0.15) is 0 Å². The minimum Gasteiger partial charge on any atom is -0.481 e. The lowest BCUT2D eigenvalue weighted by atomic mass is 9.77. The molecule has 0 bridgehead atoms. The molecule has 2 fully saturated rings. The van der Waals surface area contributed by atoms with Gasteiger partial charge in [0.2, 0.25) is 11.8 Å². The first-order valence-electron chi connectivity index (χ1n) is 6.93. The maximum atomic E-state index is 5.16. The Morgan fingerprint density at radius 2 is 1.89 bits per heavy atom. The molecule has 1 aromatic rings. The Morgan fingerprint density at radius 1 is 1.17 bits per heavy atom. The minimum absolute atomic E-state index is 0.648. The standard InChI is InChI=1S/C14H21N3O/c1-18-12-4-9-15-13(16-12)17-10-7-14(8-11-17)5-2-3-6-14/h4,9H,2-3,5-8,10-11H2,1H3. The lowest BCUT2D eigenvalue weighted by molar-refractivity contribution is 0.225. The molecule has 2 heterocycles. The third-order valence-corrected chi connectivity index (χ3v) is 4.60. The highest BCUT2D eigenvalue weighted by atomic mass is 16.5. The van der Waals surface area contributed by atoms with E-state index >= 15 is 0 Å². The summed E-state index contributed by atoms with van der Waals surface area (Å²) in [5, 5.41) is 0. The van der Waals surface area contributed by atoms with E-state index in [0.717, 1.165) is 19.0 Å². The van der Waals surface area contributed by atoms with Crippen LogP contribution >= 0.6 is 0 Å². The fourth-order valence-electron chi connectivity index (χ4n) is 3.40. The first-order chi connectivity index (χ1) is 8.81. The zero-order valence-electron chi connectivity index (χ0n) is 11.1. The first-order valence-corrected chi connectivity index (χ1v) is 6.93. The second-order valence-electron chi connectivity index (χ2n) is 5.59. The summed E-state index contributed by atoms with van der Waals surface area (Å²) in [6, 6.07) is 1.80. The molecule has 0 unspecified atom stereocenters. The molecular formula is C14H21N3O. The number of rotatable bonds is 2. The van der Waals surface area contributed by atoms with Crippen LogP contribution in [0.1, 0.15) is 38.5 Å². The molecule has 0 radical (unpaired) electrons. The van der Waals surface area contributed by atoms with Crippen LogP contribution < -0.4 is 9.64 Å². The van der Waals surface area contributed by atoms with Crippen LogP contribution in [0.3, 0.4) is 0 Å². The van der Waals surface area contributed by atoms with Crippen LogP contribution in [0.15, 0.2) is 12.3 Å². The number of piperidine rings is 1. The molecule has 1 aromatic heterocycles. The summed E-state index contributed by atoms with van der Waals surface area (Å²) in [6.07, 6.45) is 10.1. The van der Waals surface area contributed by atoms with Gasteiger partial charge in [0, 0.05) is 25.4 Å². The van der Waals surface area contributed by atoms with E-state index in [1.54, 1.807) is 19.4 Å². The molecule has 1 spiro atoms. The van der Waals surface area contributed by atoms with E-state index in [0.29, 0.717) is 11.3 Å². The van der Waals surface area contributed by atoms with Gasteiger partial charge in [0.25, 0.3) is 0 Å². The molecule has 0 aromatic carbocycles. The van der Waals surface area contributed by atoms with Crippen molar-refractivity contribution in [3.63, 3.8) is 0 Å². The van der Waals surface area contributed by atoms with E-state index in [1.165, 1.54) is 38.5 Å². The van der Waals surface area contributed by atoms with Gasteiger partial charge in [-0.15, -0.1) is 0 Å². The number of anilines is 1. The zero-order chi connectivity index (χ0) is 12.4. The van der Waals surface area contributed by atoms with E-state index in [1.807, 2.05) is 0 Å². The second-order valence-corrected chi connectivity index (χ2v) is 5.59. The van der Waals surface area contributed by atoms with Gasteiger partial charge in [0.15, 0.2) is 0 Å². The maximum absolute atomic E-state index is 5.16. The minimum atomic E-state index is 0.648. The lowest BCUT2D eigenvalue weighted by Gasteiger charge is -2.39. The Kier molecular flexibility index (Phi) is 3.10. The number of hydrogen-bond donors (Lipinski definition) is 0. The van der Waals surface area contributed by atoms with Crippen molar-refractivity contribution in [2.24, 2.45) is 5.41 Å². The van der Waals surface area contributed by atoms with E-state index in [4.69, 9.17) is 4.74 Å². The quantitative estimate of drug-likeness (QED) is 0.805. The van der Waals surface area contributed by atoms with Gasteiger partial charge in [-0.2, -0.15) is 4.98 Å². The summed E-state index contributed by atoms with van der Waals surface area (Å²) in [7, 11) is 1.65. The Balaban J connectivity index is 1.68. The summed E-state index contributed by atoms with van der Waals surface area (Å²) in [6.45, 7) is 2.18. The van der Waals surface area contributed by atoms with Gasteiger partial charge in [-0.25, -0.2) is 4.98 Å². The fourth-order valence-corrected chi connectivity index (χ4v) is 3.40. The molecule has 4 heteroatoms. The highest BCUT2D eigenvalue weighted by Crippen LogP contribution is 2.46. The Hall–Kier alpha value is -1.32. The fraction of sp³-hybridized carbons (Fsp3) is 0.714. The molecule has 1 aliphatic heterocycles. The number of nitrogens with zero attached hydrogens (tertiary/aromatic N) is 3. The van der Waals surface area contributed by atoms with E-state index in [-0.39, 0.29) is 0 Å². The SMILES string of the molecule is COc1ccnc(N2CCC3(CCCC3)CC2)n1. The zero-order valence-corrected chi connectivity index (χ0v) is 11.1. The molecule has 1 saturated carbocycles. The molecule has 0 N–H and O–H groups in total. The smallest absolute Gasteiger partial charge is 0.228 e. The molecule has 1 saturated heterocycles. The number of ether oxygens (including phenoxy) is 1. The summed E-state index contributed by atoms with van der Waals surface area (Å²) in [5.41, 5.74) is 0.648. The molecule has 3 rings (SSSR count). The van der Waals surface area contributed by atoms with Crippen molar-refractivity contribution >= 4 is 5.95 Å². The molecule has 4 nitrogen and oxygen atoms in total. The predicted molar refractivity (Wildman–Crippen MR) is 70.9 cm³/mol. The van der Waals surface area contributed by atoms with Crippen molar-refractivity contribution in [3.8, 4) is 5.88 Å².